The van der Waals surface area contributed by atoms with Crippen LogP contribution in [0, 0.1) is 0 Å². The van der Waals surface area contributed by atoms with Crippen LogP contribution in [-0.4, -0.2) is 58.2 Å². The number of rotatable bonds is 4. The average Bonchev–Trinajstić information content (AvgIpc) is 2.30. The zero-order chi connectivity index (χ0) is 13.9. The lowest BCUT2D eigenvalue weighted by molar-refractivity contribution is 0.0166. The van der Waals surface area contributed by atoms with Crippen molar-refractivity contribution in [2.24, 2.45) is 0 Å². The van der Waals surface area contributed by atoms with Crippen LogP contribution in [0.4, 0.5) is 0 Å². The van der Waals surface area contributed by atoms with Gasteiger partial charge >= 0.3 is 0 Å². The first-order valence-electron chi connectivity index (χ1n) is 6.69. The first-order valence-corrected chi connectivity index (χ1v) is 7.48. The predicted molar refractivity (Wildman–Crippen MR) is 80.0 cm³/mol. The molecule has 4 nitrogen and oxygen atoms in total. The number of aromatic nitrogens is 1. The quantitative estimate of drug-likeness (QED) is 0.914. The molecule has 0 spiro atoms. The fourth-order valence-corrected chi connectivity index (χ4v) is 2.87. The topological polar surface area (TPSA) is 39.6 Å². The molecule has 0 aromatic carbocycles. The molecule has 2 heterocycles. The lowest BCUT2D eigenvalue weighted by atomic mass is 10.1. The molecule has 1 aliphatic rings. The van der Waals surface area contributed by atoms with Crippen molar-refractivity contribution in [3.8, 4) is 0 Å². The van der Waals surface area contributed by atoms with Crippen LogP contribution in [0.5, 0.6) is 0 Å². The highest BCUT2D eigenvalue weighted by Crippen LogP contribution is 2.14. The van der Waals surface area contributed by atoms with Crippen molar-refractivity contribution < 1.29 is 5.11 Å². The molecule has 0 saturated carbocycles. The predicted octanol–water partition coefficient (Wildman–Crippen LogP) is 1.73. The van der Waals surface area contributed by atoms with E-state index in [0.717, 1.165) is 43.7 Å². The Morgan fingerprint density at radius 3 is 2.42 bits per heavy atom. The van der Waals surface area contributed by atoms with Crippen molar-refractivity contribution in [1.29, 1.82) is 0 Å². The van der Waals surface area contributed by atoms with Crippen molar-refractivity contribution in [2.45, 2.75) is 26.0 Å². The van der Waals surface area contributed by atoms with Crippen LogP contribution in [0.25, 0.3) is 0 Å². The fraction of sp³-hybridized carbons (Fsp3) is 0.643. The highest BCUT2D eigenvalue weighted by molar-refractivity contribution is 9.10. The summed E-state index contributed by atoms with van der Waals surface area (Å²) < 4.78 is 1.03. The van der Waals surface area contributed by atoms with Crippen LogP contribution in [0.1, 0.15) is 19.4 Å². The van der Waals surface area contributed by atoms with E-state index >= 15 is 0 Å². The second kappa shape index (κ2) is 6.31. The molecule has 1 fully saturated rings. The van der Waals surface area contributed by atoms with Gasteiger partial charge in [0.2, 0.25) is 0 Å². The largest absolute Gasteiger partial charge is 0.389 e. The molecule has 0 amide bonds. The molecule has 5 heteroatoms. The van der Waals surface area contributed by atoms with Gasteiger partial charge in [0, 0.05) is 56.1 Å². The number of hydrogen-bond donors (Lipinski definition) is 1. The van der Waals surface area contributed by atoms with E-state index in [9.17, 15) is 5.11 Å². The van der Waals surface area contributed by atoms with Crippen LogP contribution in [0.3, 0.4) is 0 Å². The summed E-state index contributed by atoms with van der Waals surface area (Å²) in [5.41, 5.74) is 0.640. The van der Waals surface area contributed by atoms with Gasteiger partial charge in [0.15, 0.2) is 0 Å². The molecule has 1 aromatic heterocycles. The zero-order valence-corrected chi connectivity index (χ0v) is 13.2. The summed E-state index contributed by atoms with van der Waals surface area (Å²) in [5.74, 6) is 0. The molecule has 0 bridgehead atoms. The monoisotopic (exact) mass is 327 g/mol. The number of halogens is 1. The summed E-state index contributed by atoms with van der Waals surface area (Å²) in [5, 5.41) is 9.83. The maximum absolute atomic E-state index is 9.83. The van der Waals surface area contributed by atoms with Gasteiger partial charge in [0.05, 0.1) is 5.60 Å². The van der Waals surface area contributed by atoms with E-state index in [1.807, 2.05) is 26.2 Å². The van der Waals surface area contributed by atoms with E-state index in [1.165, 1.54) is 5.56 Å². The Morgan fingerprint density at radius 1 is 1.21 bits per heavy atom. The van der Waals surface area contributed by atoms with Gasteiger partial charge in [-0.05, 0) is 41.4 Å². The maximum Gasteiger partial charge on any atom is 0.0718 e. The summed E-state index contributed by atoms with van der Waals surface area (Å²) >= 11 is 3.45. The fourth-order valence-electron chi connectivity index (χ4n) is 2.45. The lowest BCUT2D eigenvalue weighted by Crippen LogP contribution is -2.50. The minimum absolute atomic E-state index is 0.601. The van der Waals surface area contributed by atoms with Gasteiger partial charge in [-0.2, -0.15) is 0 Å². The van der Waals surface area contributed by atoms with Crippen molar-refractivity contribution in [2.75, 3.05) is 32.7 Å². The molecule has 0 radical (unpaired) electrons. The summed E-state index contributed by atoms with van der Waals surface area (Å²) in [7, 11) is 0. The molecule has 2 rings (SSSR count). The molecule has 1 aliphatic heterocycles. The van der Waals surface area contributed by atoms with Crippen molar-refractivity contribution in [3.05, 3.63) is 28.5 Å². The second-order valence-corrected chi connectivity index (χ2v) is 6.79. The number of hydrogen-bond acceptors (Lipinski definition) is 4. The van der Waals surface area contributed by atoms with Gasteiger partial charge in [-0.15, -0.1) is 0 Å². The van der Waals surface area contributed by atoms with Gasteiger partial charge in [-0.25, -0.2) is 0 Å². The summed E-state index contributed by atoms with van der Waals surface area (Å²) in [6.45, 7) is 9.56. The third-order valence-corrected chi connectivity index (χ3v) is 3.68. The van der Waals surface area contributed by atoms with Crippen LogP contribution in [0.2, 0.25) is 0 Å². The number of pyridine rings is 1. The smallest absolute Gasteiger partial charge is 0.0718 e. The lowest BCUT2D eigenvalue weighted by Gasteiger charge is -2.37. The van der Waals surface area contributed by atoms with Crippen LogP contribution >= 0.6 is 15.9 Å². The zero-order valence-electron chi connectivity index (χ0n) is 11.6. The van der Waals surface area contributed by atoms with E-state index in [2.05, 4.69) is 36.8 Å². The molecule has 106 valence electrons. The normalized spacial score (nSPS) is 18.7. The van der Waals surface area contributed by atoms with Gasteiger partial charge in [-0.3, -0.25) is 14.8 Å². The minimum Gasteiger partial charge on any atom is -0.389 e. The molecular formula is C14H22BrN3O. The third kappa shape index (κ3) is 5.18. The van der Waals surface area contributed by atoms with E-state index in [1.54, 1.807) is 0 Å². The SMILES string of the molecule is CC(C)(O)CN1CCN(Cc2cncc(Br)c2)CC1. The molecule has 19 heavy (non-hydrogen) atoms. The van der Waals surface area contributed by atoms with Gasteiger partial charge in [0.1, 0.15) is 0 Å². The van der Waals surface area contributed by atoms with E-state index in [0.29, 0.717) is 0 Å². The van der Waals surface area contributed by atoms with Gasteiger partial charge < -0.3 is 5.11 Å². The third-order valence-electron chi connectivity index (χ3n) is 3.24. The Kier molecular flexibility index (Phi) is 4.95. The van der Waals surface area contributed by atoms with Crippen molar-refractivity contribution in [3.63, 3.8) is 0 Å². The Labute approximate surface area is 123 Å². The van der Waals surface area contributed by atoms with Crippen LogP contribution < -0.4 is 0 Å². The molecule has 0 aliphatic carbocycles. The van der Waals surface area contributed by atoms with Crippen LogP contribution in [-0.2, 0) is 6.54 Å². The molecule has 1 N–H and O–H groups in total. The number of nitrogens with zero attached hydrogens (tertiary/aromatic N) is 3. The summed E-state index contributed by atoms with van der Waals surface area (Å²) in [4.78, 5) is 8.96. The molecular weight excluding hydrogens is 306 g/mol. The van der Waals surface area contributed by atoms with Gasteiger partial charge in [0.25, 0.3) is 0 Å². The standard InChI is InChI=1S/C14H22BrN3O/c1-14(2,19)11-18-5-3-17(4-6-18)10-12-7-13(15)9-16-8-12/h7-9,19H,3-6,10-11H2,1-2H3. The average molecular weight is 328 g/mol. The first kappa shape index (κ1) is 14.9. The second-order valence-electron chi connectivity index (χ2n) is 5.88. The van der Waals surface area contributed by atoms with Gasteiger partial charge in [-0.1, -0.05) is 0 Å². The highest BCUT2D eigenvalue weighted by Gasteiger charge is 2.22. The molecule has 0 atom stereocenters. The number of β-amino-alcohol motifs (C(OH)–C–C–N with tert-alkyl or cyclic N) is 1. The Hall–Kier alpha value is -0.490. The minimum atomic E-state index is -0.601. The Balaban J connectivity index is 1.80. The van der Waals surface area contributed by atoms with Crippen molar-refractivity contribution >= 4 is 15.9 Å². The Bertz CT molecular complexity index is 411. The molecule has 0 unspecified atom stereocenters. The highest BCUT2D eigenvalue weighted by atomic mass is 79.9. The van der Waals surface area contributed by atoms with Crippen molar-refractivity contribution in [1.82, 2.24) is 14.8 Å². The molecule has 1 saturated heterocycles. The first-order chi connectivity index (χ1) is 8.92. The summed E-state index contributed by atoms with van der Waals surface area (Å²) in [6.07, 6.45) is 3.73. The number of piperazine rings is 1. The van der Waals surface area contributed by atoms with E-state index < -0.39 is 5.60 Å². The maximum atomic E-state index is 9.83. The van der Waals surface area contributed by atoms with Crippen LogP contribution in [0.15, 0.2) is 22.9 Å². The molecule has 1 aromatic rings. The Morgan fingerprint density at radius 2 is 1.84 bits per heavy atom. The number of aliphatic hydroxyl groups is 1. The van der Waals surface area contributed by atoms with E-state index in [4.69, 9.17) is 0 Å². The summed E-state index contributed by atoms with van der Waals surface area (Å²) in [6, 6.07) is 2.12. The van der Waals surface area contributed by atoms with E-state index in [-0.39, 0.29) is 0 Å².